The van der Waals surface area contributed by atoms with Crippen LogP contribution in [0.4, 0.5) is 0 Å². The van der Waals surface area contributed by atoms with Crippen molar-refractivity contribution in [1.29, 1.82) is 0 Å². The molecule has 144 valence electrons. The average Bonchev–Trinajstić information content (AvgIpc) is 2.86. The molecule has 2 saturated heterocycles. The normalized spacial score (nSPS) is 32.0. The van der Waals surface area contributed by atoms with Gasteiger partial charge in [0, 0.05) is 13.8 Å². The topological polar surface area (TPSA) is 124 Å². The van der Waals surface area contributed by atoms with Crippen molar-refractivity contribution in [3.8, 4) is 0 Å². The molecular weight excluding hydrogens is 360 g/mol. The first-order valence-electron chi connectivity index (χ1n) is 7.58. The Labute approximate surface area is 145 Å². The van der Waals surface area contributed by atoms with Crippen molar-refractivity contribution in [2.24, 2.45) is 0 Å². The van der Waals surface area contributed by atoms with Gasteiger partial charge in [-0.1, -0.05) is 0 Å². The van der Waals surface area contributed by atoms with Crippen LogP contribution in [0.5, 0.6) is 0 Å². The van der Waals surface area contributed by atoms with Crippen LogP contribution in [0.15, 0.2) is 0 Å². The number of hydrogen-bond donors (Lipinski definition) is 0. The molecule has 0 bridgehead atoms. The lowest BCUT2D eigenvalue weighted by Crippen LogP contribution is -2.47. The molecule has 0 N–H and O–H groups in total. The molecule has 2 rings (SSSR count). The summed E-state index contributed by atoms with van der Waals surface area (Å²) in [6.07, 6.45) is -3.86. The molecular formula is C14H22O10S. The quantitative estimate of drug-likeness (QED) is 0.447. The summed E-state index contributed by atoms with van der Waals surface area (Å²) >= 11 is 0. The van der Waals surface area contributed by atoms with E-state index in [0.29, 0.717) is 0 Å². The van der Waals surface area contributed by atoms with Crippen LogP contribution in [-0.2, 0) is 47.6 Å². The van der Waals surface area contributed by atoms with E-state index in [-0.39, 0.29) is 0 Å². The van der Waals surface area contributed by atoms with Crippen LogP contribution in [-0.4, -0.2) is 69.7 Å². The number of esters is 2. The van der Waals surface area contributed by atoms with E-state index in [4.69, 9.17) is 27.9 Å². The van der Waals surface area contributed by atoms with Gasteiger partial charge in [-0.2, -0.15) is 8.42 Å². The standard InChI is InChI=1S/C14H22O10S/c1-7(15)20-9(6-19-25(5,17)18)10-11(21-8(2)16)12-13(22-10)24-14(3,4)23-12/h9-13H,6H2,1-5H3/t9-,10-,11+,12+,13+/m1/s1. The summed E-state index contributed by atoms with van der Waals surface area (Å²) in [7, 11) is -3.78. The first kappa shape index (κ1) is 20.0. The fourth-order valence-corrected chi connectivity index (χ4v) is 3.11. The summed E-state index contributed by atoms with van der Waals surface area (Å²) in [5, 5.41) is 0. The van der Waals surface area contributed by atoms with Crippen LogP contribution < -0.4 is 0 Å². The minimum Gasteiger partial charge on any atom is -0.457 e. The van der Waals surface area contributed by atoms with Crippen LogP contribution in [0, 0.1) is 0 Å². The lowest BCUT2D eigenvalue weighted by Gasteiger charge is -2.29. The van der Waals surface area contributed by atoms with E-state index < -0.39 is 65.2 Å². The van der Waals surface area contributed by atoms with Gasteiger partial charge < -0.3 is 23.7 Å². The van der Waals surface area contributed by atoms with Crippen molar-refractivity contribution in [1.82, 2.24) is 0 Å². The van der Waals surface area contributed by atoms with Crippen LogP contribution >= 0.6 is 0 Å². The Kier molecular flexibility index (Phi) is 5.74. The first-order valence-corrected chi connectivity index (χ1v) is 9.39. The van der Waals surface area contributed by atoms with E-state index in [9.17, 15) is 18.0 Å². The van der Waals surface area contributed by atoms with Crippen LogP contribution in [0.1, 0.15) is 27.7 Å². The lowest BCUT2D eigenvalue weighted by atomic mass is 10.1. The molecule has 25 heavy (non-hydrogen) atoms. The Morgan fingerprint density at radius 1 is 1.16 bits per heavy atom. The molecule has 0 aromatic heterocycles. The molecule has 0 radical (unpaired) electrons. The highest BCUT2D eigenvalue weighted by molar-refractivity contribution is 7.85. The molecule has 2 heterocycles. The summed E-state index contributed by atoms with van der Waals surface area (Å²) in [4.78, 5) is 22.8. The van der Waals surface area contributed by atoms with Gasteiger partial charge in [0.25, 0.3) is 10.1 Å². The first-order chi connectivity index (χ1) is 11.4. The van der Waals surface area contributed by atoms with Crippen molar-refractivity contribution in [3.05, 3.63) is 0 Å². The average molecular weight is 382 g/mol. The van der Waals surface area contributed by atoms with E-state index >= 15 is 0 Å². The van der Waals surface area contributed by atoms with Gasteiger partial charge in [-0.15, -0.1) is 0 Å². The van der Waals surface area contributed by atoms with Gasteiger partial charge in [-0.05, 0) is 13.8 Å². The molecule has 0 aromatic carbocycles. The summed E-state index contributed by atoms with van der Waals surface area (Å²) in [6.45, 7) is 5.21. The monoisotopic (exact) mass is 382 g/mol. The van der Waals surface area contributed by atoms with Gasteiger partial charge in [0.1, 0.15) is 12.7 Å². The van der Waals surface area contributed by atoms with Crippen LogP contribution in [0.3, 0.4) is 0 Å². The second kappa shape index (κ2) is 7.16. The molecule has 2 aliphatic heterocycles. The van der Waals surface area contributed by atoms with Gasteiger partial charge in [0.2, 0.25) is 0 Å². The Morgan fingerprint density at radius 3 is 2.32 bits per heavy atom. The molecule has 11 heteroatoms. The minimum absolute atomic E-state index is 0.496. The molecule has 2 fully saturated rings. The fourth-order valence-electron chi connectivity index (χ4n) is 2.73. The molecule has 5 atom stereocenters. The molecule has 10 nitrogen and oxygen atoms in total. The molecule has 0 aliphatic carbocycles. The summed E-state index contributed by atoms with van der Waals surface area (Å²) in [5.41, 5.74) is 0. The number of carbonyl (C=O) groups excluding carboxylic acids is 2. The molecule has 0 unspecified atom stereocenters. The van der Waals surface area contributed by atoms with Gasteiger partial charge >= 0.3 is 11.9 Å². The van der Waals surface area contributed by atoms with Crippen LogP contribution in [0.2, 0.25) is 0 Å². The second-order valence-electron chi connectivity index (χ2n) is 6.28. The number of carbonyl (C=O) groups is 2. The summed E-state index contributed by atoms with van der Waals surface area (Å²) < 4.78 is 54.5. The zero-order valence-electron chi connectivity index (χ0n) is 14.6. The largest absolute Gasteiger partial charge is 0.457 e. The fraction of sp³-hybridized carbons (Fsp3) is 0.857. The van der Waals surface area contributed by atoms with E-state index in [1.165, 1.54) is 6.92 Å². The summed E-state index contributed by atoms with van der Waals surface area (Å²) in [5.74, 6) is -2.22. The Hall–Kier alpha value is -1.27. The van der Waals surface area contributed by atoms with Crippen molar-refractivity contribution in [2.45, 2.75) is 64.2 Å². The Morgan fingerprint density at radius 2 is 1.80 bits per heavy atom. The highest BCUT2D eigenvalue weighted by atomic mass is 32.2. The van der Waals surface area contributed by atoms with Crippen molar-refractivity contribution in [2.75, 3.05) is 12.9 Å². The highest BCUT2D eigenvalue weighted by Crippen LogP contribution is 2.40. The van der Waals surface area contributed by atoms with Gasteiger partial charge in [-0.3, -0.25) is 13.8 Å². The van der Waals surface area contributed by atoms with Gasteiger partial charge in [0.05, 0.1) is 6.26 Å². The van der Waals surface area contributed by atoms with Crippen molar-refractivity contribution >= 4 is 22.1 Å². The van der Waals surface area contributed by atoms with Crippen molar-refractivity contribution < 1.29 is 45.9 Å². The Bertz CT molecular complexity index is 628. The van der Waals surface area contributed by atoms with Crippen molar-refractivity contribution in [3.63, 3.8) is 0 Å². The van der Waals surface area contributed by atoms with Gasteiger partial charge in [0.15, 0.2) is 30.4 Å². The van der Waals surface area contributed by atoms with E-state index in [0.717, 1.165) is 13.2 Å². The third-order valence-corrected chi connectivity index (χ3v) is 4.02. The van der Waals surface area contributed by atoms with E-state index in [2.05, 4.69) is 0 Å². The van der Waals surface area contributed by atoms with E-state index in [1.54, 1.807) is 13.8 Å². The molecule has 0 amide bonds. The highest BCUT2D eigenvalue weighted by Gasteiger charge is 2.59. The maximum Gasteiger partial charge on any atom is 0.303 e. The molecule has 0 aromatic rings. The van der Waals surface area contributed by atoms with E-state index in [1.807, 2.05) is 0 Å². The SMILES string of the molecule is CC(=O)O[C@@H]1[C@@H]2OC(C)(C)O[C@@H]2O[C@@H]1[C@@H](COS(C)(=O)=O)OC(C)=O. The predicted octanol–water partition coefficient (Wildman–Crippen LogP) is -0.298. The maximum absolute atomic E-state index is 11.4. The Balaban J connectivity index is 2.22. The third kappa shape index (κ3) is 5.35. The van der Waals surface area contributed by atoms with Gasteiger partial charge in [-0.25, -0.2) is 0 Å². The van der Waals surface area contributed by atoms with Crippen LogP contribution in [0.25, 0.3) is 0 Å². The number of fused-ring (bicyclic) bond motifs is 1. The zero-order chi connectivity index (χ0) is 19.0. The zero-order valence-corrected chi connectivity index (χ0v) is 15.4. The number of hydrogen-bond acceptors (Lipinski definition) is 10. The lowest BCUT2D eigenvalue weighted by molar-refractivity contribution is -0.233. The predicted molar refractivity (Wildman–Crippen MR) is 80.6 cm³/mol. The maximum atomic E-state index is 11.4. The molecule has 2 aliphatic rings. The number of ether oxygens (including phenoxy) is 5. The summed E-state index contributed by atoms with van der Waals surface area (Å²) in [6, 6.07) is 0. The second-order valence-corrected chi connectivity index (χ2v) is 7.92. The number of rotatable bonds is 6. The minimum atomic E-state index is -3.78. The third-order valence-electron chi connectivity index (χ3n) is 3.46. The smallest absolute Gasteiger partial charge is 0.303 e. The molecule has 0 spiro atoms. The molecule has 0 saturated carbocycles.